The number of aromatic amines is 1. The highest BCUT2D eigenvalue weighted by molar-refractivity contribution is 5.93. The molecule has 8 heteroatoms. The van der Waals surface area contributed by atoms with E-state index >= 15 is 0 Å². The number of hydrogen-bond donors (Lipinski definition) is 2. The van der Waals surface area contributed by atoms with E-state index in [-0.39, 0.29) is 17.7 Å². The van der Waals surface area contributed by atoms with Crippen molar-refractivity contribution < 1.29 is 9.18 Å². The second kappa shape index (κ2) is 5.41. The van der Waals surface area contributed by atoms with Gasteiger partial charge in [-0.2, -0.15) is 5.10 Å². The van der Waals surface area contributed by atoms with E-state index in [2.05, 4.69) is 20.2 Å². The topological polar surface area (TPSA) is 101 Å². The van der Waals surface area contributed by atoms with Crippen LogP contribution in [0.2, 0.25) is 0 Å². The predicted molar refractivity (Wildman–Crippen MR) is 84.0 cm³/mol. The molecule has 1 aromatic carbocycles. The largest absolute Gasteiger partial charge is 0.368 e. The van der Waals surface area contributed by atoms with Crippen LogP contribution in [0, 0.1) is 5.82 Å². The molecule has 2 aromatic heterocycles. The molecule has 3 heterocycles. The number of nitrogens with two attached hydrogens (primary N) is 1. The maximum Gasteiger partial charge on any atom is 0.272 e. The molecular formula is C16H13FN6O. The van der Waals surface area contributed by atoms with Crippen LogP contribution in [0.3, 0.4) is 0 Å². The molecule has 3 N–H and O–H groups in total. The lowest BCUT2D eigenvalue weighted by Gasteiger charge is -2.13. The first kappa shape index (κ1) is 14.3. The number of fused-ring (bicyclic) bond motifs is 1. The van der Waals surface area contributed by atoms with Gasteiger partial charge in [-0.15, -0.1) is 0 Å². The molecule has 1 amide bonds. The SMILES string of the molecule is Nc1ncc2c(n1)CN(C(=O)c1cc(-c3ccc(F)cc3)n[nH]1)C2. The monoisotopic (exact) mass is 324 g/mol. The van der Waals surface area contributed by atoms with Crippen LogP contribution in [0.15, 0.2) is 36.5 Å². The molecule has 0 unspecified atom stereocenters. The highest BCUT2D eigenvalue weighted by Crippen LogP contribution is 2.24. The Hall–Kier alpha value is -3.29. The quantitative estimate of drug-likeness (QED) is 0.748. The van der Waals surface area contributed by atoms with E-state index in [0.29, 0.717) is 24.5 Å². The molecule has 3 aromatic rings. The minimum atomic E-state index is -0.319. The van der Waals surface area contributed by atoms with Crippen molar-refractivity contribution in [1.29, 1.82) is 0 Å². The molecular weight excluding hydrogens is 311 g/mol. The zero-order valence-electron chi connectivity index (χ0n) is 12.5. The van der Waals surface area contributed by atoms with Crippen molar-refractivity contribution >= 4 is 11.9 Å². The minimum absolute atomic E-state index is 0.188. The third kappa shape index (κ3) is 2.47. The highest BCUT2D eigenvalue weighted by Gasteiger charge is 2.27. The Labute approximate surface area is 136 Å². The molecule has 0 saturated heterocycles. The number of nitrogen functional groups attached to an aromatic ring is 1. The van der Waals surface area contributed by atoms with Crippen LogP contribution in [0.25, 0.3) is 11.3 Å². The Bertz CT molecular complexity index is 921. The molecule has 24 heavy (non-hydrogen) atoms. The van der Waals surface area contributed by atoms with Crippen LogP contribution in [0.4, 0.5) is 10.3 Å². The van der Waals surface area contributed by atoms with Crippen molar-refractivity contribution in [3.8, 4) is 11.3 Å². The lowest BCUT2D eigenvalue weighted by Crippen LogP contribution is -2.25. The lowest BCUT2D eigenvalue weighted by atomic mass is 10.1. The van der Waals surface area contributed by atoms with E-state index in [0.717, 1.165) is 16.8 Å². The van der Waals surface area contributed by atoms with E-state index in [9.17, 15) is 9.18 Å². The van der Waals surface area contributed by atoms with E-state index < -0.39 is 0 Å². The van der Waals surface area contributed by atoms with Crippen LogP contribution in [0.1, 0.15) is 21.7 Å². The van der Waals surface area contributed by atoms with Gasteiger partial charge >= 0.3 is 0 Å². The molecule has 0 radical (unpaired) electrons. The van der Waals surface area contributed by atoms with Crippen molar-refractivity contribution in [1.82, 2.24) is 25.1 Å². The van der Waals surface area contributed by atoms with Crippen LogP contribution >= 0.6 is 0 Å². The second-order valence-corrected chi connectivity index (χ2v) is 5.54. The summed E-state index contributed by atoms with van der Waals surface area (Å²) in [6, 6.07) is 7.59. The zero-order valence-corrected chi connectivity index (χ0v) is 12.5. The number of H-pyrrole nitrogens is 1. The normalized spacial score (nSPS) is 13.1. The minimum Gasteiger partial charge on any atom is -0.368 e. The maximum atomic E-state index is 13.0. The van der Waals surface area contributed by atoms with Gasteiger partial charge in [0.05, 0.1) is 17.9 Å². The smallest absolute Gasteiger partial charge is 0.272 e. The number of hydrogen-bond acceptors (Lipinski definition) is 5. The van der Waals surface area contributed by atoms with Crippen molar-refractivity contribution in [3.63, 3.8) is 0 Å². The number of benzene rings is 1. The van der Waals surface area contributed by atoms with Crippen LogP contribution < -0.4 is 5.73 Å². The number of aromatic nitrogens is 4. The van der Waals surface area contributed by atoms with Gasteiger partial charge in [-0.1, -0.05) is 0 Å². The summed E-state index contributed by atoms with van der Waals surface area (Å²) in [5.74, 6) is -0.309. The lowest BCUT2D eigenvalue weighted by molar-refractivity contribution is 0.0744. The van der Waals surface area contributed by atoms with Gasteiger partial charge in [-0.25, -0.2) is 14.4 Å². The number of amides is 1. The van der Waals surface area contributed by atoms with E-state index in [1.165, 1.54) is 12.1 Å². The molecule has 0 spiro atoms. The molecule has 1 aliphatic heterocycles. The van der Waals surface area contributed by atoms with E-state index in [4.69, 9.17) is 5.73 Å². The molecule has 0 atom stereocenters. The van der Waals surface area contributed by atoms with Gasteiger partial charge in [-0.05, 0) is 30.3 Å². The van der Waals surface area contributed by atoms with E-state index in [1.807, 2.05) is 0 Å². The molecule has 0 aliphatic carbocycles. The first-order chi connectivity index (χ1) is 11.6. The predicted octanol–water partition coefficient (Wildman–Crippen LogP) is 1.74. The molecule has 0 bridgehead atoms. The van der Waals surface area contributed by atoms with Gasteiger partial charge in [0.1, 0.15) is 11.5 Å². The first-order valence-corrected chi connectivity index (χ1v) is 7.31. The van der Waals surface area contributed by atoms with Crippen molar-refractivity contribution in [2.75, 3.05) is 5.73 Å². The summed E-state index contributed by atoms with van der Waals surface area (Å²) >= 11 is 0. The number of carbonyl (C=O) groups excluding carboxylic acids is 1. The summed E-state index contributed by atoms with van der Waals surface area (Å²) in [6.45, 7) is 0.811. The summed E-state index contributed by atoms with van der Waals surface area (Å²) in [4.78, 5) is 22.4. The molecule has 7 nitrogen and oxygen atoms in total. The number of halogens is 1. The van der Waals surface area contributed by atoms with Gasteiger partial charge in [0.2, 0.25) is 5.95 Å². The number of rotatable bonds is 2. The maximum absolute atomic E-state index is 13.0. The fourth-order valence-electron chi connectivity index (χ4n) is 2.68. The van der Waals surface area contributed by atoms with Gasteiger partial charge in [0.15, 0.2) is 0 Å². The zero-order chi connectivity index (χ0) is 16.7. The van der Waals surface area contributed by atoms with Crippen molar-refractivity contribution in [3.05, 3.63) is 59.3 Å². The molecule has 0 saturated carbocycles. The van der Waals surface area contributed by atoms with Gasteiger partial charge in [0, 0.05) is 23.9 Å². The summed E-state index contributed by atoms with van der Waals surface area (Å²) in [5.41, 5.74) is 8.89. The van der Waals surface area contributed by atoms with Crippen LogP contribution in [-0.2, 0) is 13.1 Å². The summed E-state index contributed by atoms with van der Waals surface area (Å²) in [7, 11) is 0. The third-order valence-electron chi connectivity index (χ3n) is 3.91. The highest BCUT2D eigenvalue weighted by atomic mass is 19.1. The van der Waals surface area contributed by atoms with E-state index in [1.54, 1.807) is 29.3 Å². The first-order valence-electron chi connectivity index (χ1n) is 7.31. The second-order valence-electron chi connectivity index (χ2n) is 5.54. The molecule has 120 valence electrons. The van der Waals surface area contributed by atoms with Gasteiger partial charge in [0.25, 0.3) is 5.91 Å². The molecule has 1 aliphatic rings. The average molecular weight is 324 g/mol. The Morgan fingerprint density at radius 3 is 2.83 bits per heavy atom. The number of nitrogens with zero attached hydrogens (tertiary/aromatic N) is 4. The van der Waals surface area contributed by atoms with Gasteiger partial charge in [-0.3, -0.25) is 9.89 Å². The van der Waals surface area contributed by atoms with Crippen LogP contribution in [-0.4, -0.2) is 31.0 Å². The van der Waals surface area contributed by atoms with Crippen LogP contribution in [0.5, 0.6) is 0 Å². The average Bonchev–Trinajstić information content (AvgIpc) is 3.21. The molecule has 4 rings (SSSR count). The summed E-state index contributed by atoms with van der Waals surface area (Å²) < 4.78 is 13.0. The summed E-state index contributed by atoms with van der Waals surface area (Å²) in [5, 5.41) is 6.87. The number of nitrogens with one attached hydrogen (secondary N) is 1. The Kier molecular flexibility index (Phi) is 3.23. The summed E-state index contributed by atoms with van der Waals surface area (Å²) in [6.07, 6.45) is 1.64. The standard InChI is InChI=1S/C16H13FN6O/c17-11-3-1-9(2-4-11)12-5-13(22-21-12)15(24)23-7-10-6-19-16(18)20-14(10)8-23/h1-6H,7-8H2,(H,21,22)(H2,18,19,20). The number of carbonyl (C=O) groups is 1. The Morgan fingerprint density at radius 2 is 2.04 bits per heavy atom. The van der Waals surface area contributed by atoms with Crippen molar-refractivity contribution in [2.45, 2.75) is 13.1 Å². The molecule has 0 fully saturated rings. The number of anilines is 1. The third-order valence-corrected chi connectivity index (χ3v) is 3.91. The van der Waals surface area contributed by atoms with Crippen molar-refractivity contribution in [2.24, 2.45) is 0 Å². The fourth-order valence-corrected chi connectivity index (χ4v) is 2.68. The Balaban J connectivity index is 1.55. The Morgan fingerprint density at radius 1 is 1.25 bits per heavy atom. The fraction of sp³-hybridized carbons (Fsp3) is 0.125. The van der Waals surface area contributed by atoms with Gasteiger partial charge < -0.3 is 10.6 Å².